The second kappa shape index (κ2) is 7.56. The number of nitrogens with zero attached hydrogens (tertiary/aromatic N) is 1. The average Bonchev–Trinajstić information content (AvgIpc) is 2.60. The summed E-state index contributed by atoms with van der Waals surface area (Å²) in [4.78, 5) is 12.8. The fraction of sp³-hybridized carbons (Fsp3) is 0.381. The van der Waals surface area contributed by atoms with Gasteiger partial charge in [-0.05, 0) is 44.5 Å². The van der Waals surface area contributed by atoms with Gasteiger partial charge in [-0.2, -0.15) is 4.31 Å². The van der Waals surface area contributed by atoms with Crippen LogP contribution in [0.15, 0.2) is 53.4 Å². The molecule has 0 unspecified atom stereocenters. The SMILES string of the molecule is Cc1ccc2c(c1)OC(C)(C)C[C@@H]2NC(=O)CN(C)S(=O)(=O)c1ccccc1. The van der Waals surface area contributed by atoms with Gasteiger partial charge in [-0.1, -0.05) is 30.3 Å². The first-order valence-corrected chi connectivity index (χ1v) is 10.6. The largest absolute Gasteiger partial charge is 0.487 e. The normalized spacial score (nSPS) is 18.2. The minimum Gasteiger partial charge on any atom is -0.487 e. The van der Waals surface area contributed by atoms with E-state index in [-0.39, 0.29) is 23.4 Å². The van der Waals surface area contributed by atoms with Gasteiger partial charge in [0.15, 0.2) is 0 Å². The van der Waals surface area contributed by atoms with Gasteiger partial charge in [-0.3, -0.25) is 4.79 Å². The van der Waals surface area contributed by atoms with E-state index in [4.69, 9.17) is 4.74 Å². The van der Waals surface area contributed by atoms with Crippen molar-refractivity contribution < 1.29 is 17.9 Å². The molecule has 0 saturated heterocycles. The summed E-state index contributed by atoms with van der Waals surface area (Å²) in [5.41, 5.74) is 1.56. The van der Waals surface area contributed by atoms with Crippen LogP contribution in [-0.2, 0) is 14.8 Å². The Morgan fingerprint density at radius 1 is 1.21 bits per heavy atom. The van der Waals surface area contributed by atoms with Crippen LogP contribution in [0.3, 0.4) is 0 Å². The lowest BCUT2D eigenvalue weighted by Crippen LogP contribution is -2.44. The van der Waals surface area contributed by atoms with Gasteiger partial charge in [0.2, 0.25) is 15.9 Å². The van der Waals surface area contributed by atoms with Crippen LogP contribution in [0.2, 0.25) is 0 Å². The van der Waals surface area contributed by atoms with Crippen LogP contribution in [0.25, 0.3) is 0 Å². The molecule has 0 radical (unpaired) electrons. The Balaban J connectivity index is 1.75. The smallest absolute Gasteiger partial charge is 0.243 e. The van der Waals surface area contributed by atoms with E-state index < -0.39 is 15.6 Å². The third kappa shape index (κ3) is 4.36. The van der Waals surface area contributed by atoms with Crippen LogP contribution in [0.1, 0.15) is 37.4 Å². The van der Waals surface area contributed by atoms with Crippen molar-refractivity contribution in [2.45, 2.75) is 43.7 Å². The van der Waals surface area contributed by atoms with Crippen molar-refractivity contribution in [1.29, 1.82) is 0 Å². The highest BCUT2D eigenvalue weighted by molar-refractivity contribution is 7.89. The third-order valence-electron chi connectivity index (χ3n) is 4.78. The van der Waals surface area contributed by atoms with E-state index in [0.717, 1.165) is 21.2 Å². The molecule has 0 bridgehead atoms. The molecule has 2 aromatic rings. The van der Waals surface area contributed by atoms with E-state index in [1.165, 1.54) is 19.2 Å². The Bertz CT molecular complexity index is 971. The molecule has 0 spiro atoms. The third-order valence-corrected chi connectivity index (χ3v) is 6.60. The number of sulfonamides is 1. The molecule has 0 aromatic heterocycles. The Hall–Kier alpha value is -2.38. The summed E-state index contributed by atoms with van der Waals surface area (Å²) >= 11 is 0. The fourth-order valence-corrected chi connectivity index (χ4v) is 4.54. The quantitative estimate of drug-likeness (QED) is 0.834. The predicted molar refractivity (Wildman–Crippen MR) is 108 cm³/mol. The predicted octanol–water partition coefficient (Wildman–Crippen LogP) is 3.03. The van der Waals surface area contributed by atoms with Crippen LogP contribution in [-0.4, -0.2) is 37.8 Å². The number of hydrogen-bond donors (Lipinski definition) is 1. The molecule has 3 rings (SSSR count). The monoisotopic (exact) mass is 402 g/mol. The van der Waals surface area contributed by atoms with E-state index >= 15 is 0 Å². The lowest BCUT2D eigenvalue weighted by Gasteiger charge is -2.38. The number of amides is 1. The number of fused-ring (bicyclic) bond motifs is 1. The molecule has 150 valence electrons. The van der Waals surface area contributed by atoms with E-state index in [1.807, 2.05) is 39.0 Å². The van der Waals surface area contributed by atoms with E-state index in [0.29, 0.717) is 6.42 Å². The lowest BCUT2D eigenvalue weighted by molar-refractivity contribution is -0.122. The molecule has 0 aliphatic carbocycles. The van der Waals surface area contributed by atoms with Crippen molar-refractivity contribution in [3.05, 3.63) is 59.7 Å². The summed E-state index contributed by atoms with van der Waals surface area (Å²) in [7, 11) is -2.31. The van der Waals surface area contributed by atoms with Crippen LogP contribution in [0.4, 0.5) is 0 Å². The van der Waals surface area contributed by atoms with Gasteiger partial charge in [0.25, 0.3) is 0 Å². The van der Waals surface area contributed by atoms with Gasteiger partial charge in [0.05, 0.1) is 17.5 Å². The van der Waals surface area contributed by atoms with Crippen LogP contribution >= 0.6 is 0 Å². The number of likely N-dealkylation sites (N-methyl/N-ethyl adjacent to an activating group) is 1. The molecule has 6 nitrogen and oxygen atoms in total. The summed E-state index contributed by atoms with van der Waals surface area (Å²) in [5, 5.41) is 2.98. The molecule has 1 heterocycles. The van der Waals surface area contributed by atoms with Gasteiger partial charge >= 0.3 is 0 Å². The summed E-state index contributed by atoms with van der Waals surface area (Å²) in [6, 6.07) is 13.8. The topological polar surface area (TPSA) is 75.7 Å². The van der Waals surface area contributed by atoms with E-state index in [2.05, 4.69) is 5.32 Å². The van der Waals surface area contributed by atoms with Gasteiger partial charge in [-0.25, -0.2) is 8.42 Å². The molecule has 0 saturated carbocycles. The van der Waals surface area contributed by atoms with Crippen LogP contribution in [0.5, 0.6) is 5.75 Å². The maximum Gasteiger partial charge on any atom is 0.243 e. The van der Waals surface area contributed by atoms with Crippen molar-refractivity contribution in [1.82, 2.24) is 9.62 Å². The molecule has 1 aliphatic heterocycles. The van der Waals surface area contributed by atoms with E-state index in [1.54, 1.807) is 18.2 Å². The van der Waals surface area contributed by atoms with Crippen molar-refractivity contribution in [3.63, 3.8) is 0 Å². The molecule has 7 heteroatoms. The number of benzene rings is 2. The molecule has 1 amide bonds. The highest BCUT2D eigenvalue weighted by Gasteiger charge is 2.35. The molecule has 1 aliphatic rings. The zero-order chi connectivity index (χ0) is 20.5. The van der Waals surface area contributed by atoms with Gasteiger partial charge in [-0.15, -0.1) is 0 Å². The summed E-state index contributed by atoms with van der Waals surface area (Å²) in [6.45, 7) is 5.69. The second-order valence-electron chi connectivity index (χ2n) is 7.80. The first-order valence-electron chi connectivity index (χ1n) is 9.19. The molecular formula is C21H26N2O4S. The van der Waals surface area contributed by atoms with Crippen molar-refractivity contribution in [2.75, 3.05) is 13.6 Å². The van der Waals surface area contributed by atoms with Gasteiger partial charge in [0.1, 0.15) is 11.4 Å². The lowest BCUT2D eigenvalue weighted by atomic mass is 9.89. The van der Waals surface area contributed by atoms with Crippen LogP contribution in [0, 0.1) is 6.92 Å². The summed E-state index contributed by atoms with van der Waals surface area (Å²) in [5.74, 6) is 0.406. The first-order chi connectivity index (χ1) is 13.1. The molecule has 0 fully saturated rings. The number of aryl methyl sites for hydroxylation is 1. The van der Waals surface area contributed by atoms with Crippen LogP contribution < -0.4 is 10.1 Å². The van der Waals surface area contributed by atoms with E-state index in [9.17, 15) is 13.2 Å². The standard InChI is InChI=1S/C21H26N2O4S/c1-15-10-11-17-18(13-21(2,3)27-19(17)12-15)22-20(24)14-23(4)28(25,26)16-8-6-5-7-9-16/h5-12,18H,13-14H2,1-4H3,(H,22,24)/t18-/m0/s1. The molecule has 28 heavy (non-hydrogen) atoms. The highest BCUT2D eigenvalue weighted by atomic mass is 32.2. The number of carbonyl (C=O) groups is 1. The zero-order valence-corrected chi connectivity index (χ0v) is 17.4. The number of hydrogen-bond acceptors (Lipinski definition) is 4. The summed E-state index contributed by atoms with van der Waals surface area (Å²) in [6.07, 6.45) is 0.601. The molecule has 2 aromatic carbocycles. The second-order valence-corrected chi connectivity index (χ2v) is 9.85. The Labute approximate surface area is 166 Å². The molecule has 1 atom stereocenters. The Morgan fingerprint density at radius 2 is 1.89 bits per heavy atom. The maximum absolute atomic E-state index is 12.6. The fourth-order valence-electron chi connectivity index (χ4n) is 3.39. The number of nitrogens with one attached hydrogen (secondary N) is 1. The molecule has 1 N–H and O–H groups in total. The van der Waals surface area contributed by atoms with Crippen molar-refractivity contribution >= 4 is 15.9 Å². The number of ether oxygens (including phenoxy) is 1. The minimum absolute atomic E-state index is 0.165. The molecular weight excluding hydrogens is 376 g/mol. The zero-order valence-electron chi connectivity index (χ0n) is 16.6. The number of carbonyl (C=O) groups excluding carboxylic acids is 1. The van der Waals surface area contributed by atoms with Gasteiger partial charge in [0, 0.05) is 19.0 Å². The summed E-state index contributed by atoms with van der Waals surface area (Å²) < 4.78 is 32.4. The minimum atomic E-state index is -3.72. The van der Waals surface area contributed by atoms with Crippen molar-refractivity contribution in [2.24, 2.45) is 0 Å². The Morgan fingerprint density at radius 3 is 2.57 bits per heavy atom. The number of rotatable bonds is 5. The van der Waals surface area contributed by atoms with Crippen molar-refractivity contribution in [3.8, 4) is 5.75 Å². The first kappa shape index (κ1) is 20.4. The van der Waals surface area contributed by atoms with Gasteiger partial charge < -0.3 is 10.1 Å². The average molecular weight is 403 g/mol. The Kier molecular flexibility index (Phi) is 5.50. The highest BCUT2D eigenvalue weighted by Crippen LogP contribution is 2.39. The maximum atomic E-state index is 12.6.